The van der Waals surface area contributed by atoms with Gasteiger partial charge in [-0.15, -0.1) is 0 Å². The van der Waals surface area contributed by atoms with E-state index in [-0.39, 0.29) is 29.6 Å². The van der Waals surface area contributed by atoms with Crippen LogP contribution < -0.4 is 17.0 Å². The van der Waals surface area contributed by atoms with Crippen molar-refractivity contribution in [2.24, 2.45) is 0 Å². The molecule has 0 rings (SSSR count). The number of aliphatic hydroxyl groups excluding tert-OH is 1. The Hall–Kier alpha value is -0.130. The zero-order valence-electron chi connectivity index (χ0n) is 7.71. The molecule has 0 unspecified atom stereocenters. The number of nitrogens with zero attached hydrogens (tertiary/aromatic N) is 1. The molecule has 0 heterocycles. The van der Waals surface area contributed by atoms with E-state index in [0.29, 0.717) is 17.6 Å². The lowest BCUT2D eigenvalue weighted by atomic mass is 10.4. The van der Waals surface area contributed by atoms with Crippen LogP contribution >= 0.6 is 0 Å². The van der Waals surface area contributed by atoms with Crippen LogP contribution in [0.15, 0.2) is 0 Å². The quantitative estimate of drug-likeness (QED) is 0.407. The van der Waals surface area contributed by atoms with E-state index < -0.39 is 0 Å². The number of halogens is 1. The number of ether oxygens (including phenoxy) is 1. The summed E-state index contributed by atoms with van der Waals surface area (Å²) in [5.74, 6) is -0.247. The van der Waals surface area contributed by atoms with E-state index in [1.807, 2.05) is 14.1 Å². The van der Waals surface area contributed by atoms with E-state index in [0.717, 1.165) is 0 Å². The average Bonchev–Trinajstić information content (AvgIpc) is 1.86. The smallest absolute Gasteiger partial charge is 0.361 e. The maximum absolute atomic E-state index is 10.8. The number of likely N-dealkylation sites (N-methyl/N-ethyl adjacent to an activating group) is 1. The molecule has 0 spiro atoms. The molecule has 0 aromatic heterocycles. The lowest BCUT2D eigenvalue weighted by molar-refractivity contribution is -0.883. The van der Waals surface area contributed by atoms with Gasteiger partial charge in [0, 0.05) is 0 Å². The normalized spacial score (nSPS) is 10.3. The van der Waals surface area contributed by atoms with Crippen LogP contribution in [-0.2, 0) is 9.53 Å². The van der Waals surface area contributed by atoms with Gasteiger partial charge in [0.2, 0.25) is 0 Å². The predicted octanol–water partition coefficient (Wildman–Crippen LogP) is -3.77. The van der Waals surface area contributed by atoms with Crippen LogP contribution in [0.25, 0.3) is 0 Å². The van der Waals surface area contributed by atoms with Gasteiger partial charge in [0.25, 0.3) is 0 Å². The first-order chi connectivity index (χ1) is 5.02. The number of hydrogen-bond donors (Lipinski definition) is 1. The van der Waals surface area contributed by atoms with E-state index in [2.05, 4.69) is 4.74 Å². The monoisotopic (exact) mass is 241 g/mol. The van der Waals surface area contributed by atoms with Crippen molar-refractivity contribution in [2.75, 3.05) is 40.9 Å². The Morgan fingerprint density at radius 2 is 2.00 bits per heavy atom. The van der Waals surface area contributed by atoms with Crippen LogP contribution in [0.3, 0.4) is 0 Å². The van der Waals surface area contributed by atoms with Crippen molar-refractivity contribution in [2.45, 2.75) is 0 Å². The number of esters is 1. The lowest BCUT2D eigenvalue weighted by Crippen LogP contribution is -3.00. The van der Waals surface area contributed by atoms with E-state index >= 15 is 0 Å². The summed E-state index contributed by atoms with van der Waals surface area (Å²) in [5.41, 5.74) is 0. The second-order valence-corrected chi connectivity index (χ2v) is 3.12. The maximum atomic E-state index is 10.8. The van der Waals surface area contributed by atoms with Crippen LogP contribution in [0.5, 0.6) is 0 Å². The Bertz CT molecular complexity index is 139. The van der Waals surface area contributed by atoms with Gasteiger partial charge in [0.1, 0.15) is 6.54 Å². The molecule has 0 atom stereocenters. The molecule has 1 N–H and O–H groups in total. The van der Waals surface area contributed by atoms with Crippen LogP contribution in [0.2, 0.25) is 0 Å². The first kappa shape index (κ1) is 14.4. The molecule has 0 radical (unpaired) electrons. The van der Waals surface area contributed by atoms with Crippen LogP contribution in [-0.4, -0.2) is 56.5 Å². The third kappa shape index (κ3) is 6.57. The maximum Gasteiger partial charge on any atom is 0.361 e. The first-order valence-corrected chi connectivity index (χ1v) is 3.51. The lowest BCUT2D eigenvalue weighted by Gasteiger charge is -2.27. The minimum Gasteiger partial charge on any atom is -1.00 e. The van der Waals surface area contributed by atoms with E-state index in [9.17, 15) is 4.79 Å². The van der Waals surface area contributed by atoms with Gasteiger partial charge in [0.05, 0.1) is 27.8 Å². The minimum absolute atomic E-state index is 0. The summed E-state index contributed by atoms with van der Waals surface area (Å²) >= 11 is 0. The van der Waals surface area contributed by atoms with Crippen molar-refractivity contribution in [1.29, 1.82) is 0 Å². The van der Waals surface area contributed by atoms with Crippen LogP contribution in [0, 0.1) is 0 Å². The predicted molar refractivity (Wildman–Crippen MR) is 40.9 cm³/mol. The topological polar surface area (TPSA) is 46.5 Å². The highest BCUT2D eigenvalue weighted by Gasteiger charge is 2.19. The number of carbonyl (C=O) groups is 1. The molecule has 0 bridgehead atoms. The largest absolute Gasteiger partial charge is 1.00 e. The van der Waals surface area contributed by atoms with Gasteiger partial charge in [-0.05, 0) is 0 Å². The third-order valence-electron chi connectivity index (χ3n) is 1.49. The Kier molecular flexibility index (Phi) is 7.67. The van der Waals surface area contributed by atoms with Crippen molar-refractivity contribution in [3.63, 3.8) is 0 Å². The minimum atomic E-state index is -0.247. The molecule has 12 heavy (non-hydrogen) atoms. The van der Waals surface area contributed by atoms with E-state index in [4.69, 9.17) is 5.11 Å². The molecule has 0 saturated carbocycles. The second-order valence-electron chi connectivity index (χ2n) is 3.12. The first-order valence-electron chi connectivity index (χ1n) is 3.51. The summed E-state index contributed by atoms with van der Waals surface area (Å²) in [7, 11) is 5.10. The summed E-state index contributed by atoms with van der Waals surface area (Å²) in [5, 5.41) is 8.62. The standard InChI is InChI=1S/C7H16NO3.BrH/c1-8(2,4-5-9)6-7(10)11-3;/h9H,4-6H2,1-3H3;1H/q+1;/p-1. The van der Waals surface area contributed by atoms with Crippen molar-refractivity contribution >= 4 is 5.97 Å². The van der Waals surface area contributed by atoms with Crippen molar-refractivity contribution in [1.82, 2.24) is 0 Å². The molecular weight excluding hydrogens is 226 g/mol. The molecule has 4 nitrogen and oxygen atoms in total. The molecule has 0 aromatic rings. The van der Waals surface area contributed by atoms with Gasteiger partial charge < -0.3 is 31.3 Å². The average molecular weight is 242 g/mol. The van der Waals surface area contributed by atoms with Gasteiger partial charge >= 0.3 is 5.97 Å². The van der Waals surface area contributed by atoms with Gasteiger partial charge in [-0.25, -0.2) is 4.79 Å². The SMILES string of the molecule is COC(=O)C[N+](C)(C)CCO.[Br-]. The molecule has 0 fully saturated rings. The van der Waals surface area contributed by atoms with Crippen molar-refractivity contribution in [3.05, 3.63) is 0 Å². The Labute approximate surface area is 83.5 Å². The molecule has 5 heteroatoms. The van der Waals surface area contributed by atoms with Crippen LogP contribution in [0.4, 0.5) is 0 Å². The summed E-state index contributed by atoms with van der Waals surface area (Å²) in [6.45, 7) is 0.955. The van der Waals surface area contributed by atoms with Crippen molar-refractivity contribution in [3.8, 4) is 0 Å². The highest BCUT2D eigenvalue weighted by Crippen LogP contribution is 1.95. The van der Waals surface area contributed by atoms with E-state index in [1.54, 1.807) is 0 Å². The molecule has 0 aromatic carbocycles. The Morgan fingerprint density at radius 1 is 1.50 bits per heavy atom. The fraction of sp³-hybridized carbons (Fsp3) is 0.857. The fourth-order valence-electron chi connectivity index (χ4n) is 0.764. The summed E-state index contributed by atoms with van der Waals surface area (Å²) < 4.78 is 4.96. The Morgan fingerprint density at radius 3 is 2.33 bits per heavy atom. The fourth-order valence-corrected chi connectivity index (χ4v) is 0.764. The molecule has 0 amide bonds. The summed E-state index contributed by atoms with van der Waals surface area (Å²) in [4.78, 5) is 10.8. The molecule has 0 aliphatic rings. The number of hydrogen-bond acceptors (Lipinski definition) is 3. The van der Waals surface area contributed by atoms with Gasteiger partial charge in [-0.3, -0.25) is 0 Å². The number of carbonyl (C=O) groups excluding carboxylic acids is 1. The second kappa shape index (κ2) is 6.39. The molecular formula is C7H16BrNO3. The zero-order chi connectivity index (χ0) is 8.91. The number of aliphatic hydroxyl groups is 1. The summed E-state index contributed by atoms with van der Waals surface area (Å²) in [6, 6.07) is 0. The van der Waals surface area contributed by atoms with Crippen LogP contribution in [0.1, 0.15) is 0 Å². The molecule has 0 aliphatic carbocycles. The highest BCUT2D eigenvalue weighted by atomic mass is 79.9. The van der Waals surface area contributed by atoms with E-state index in [1.165, 1.54) is 7.11 Å². The third-order valence-corrected chi connectivity index (χ3v) is 1.49. The molecule has 74 valence electrons. The number of quaternary nitrogens is 1. The number of methoxy groups -OCH3 is 1. The van der Waals surface area contributed by atoms with Gasteiger partial charge in [0.15, 0.2) is 6.54 Å². The molecule has 0 saturated heterocycles. The Balaban J connectivity index is 0. The highest BCUT2D eigenvalue weighted by molar-refractivity contribution is 5.70. The van der Waals surface area contributed by atoms with Gasteiger partial charge in [-0.1, -0.05) is 0 Å². The number of rotatable bonds is 4. The van der Waals surface area contributed by atoms with Crippen molar-refractivity contribution < 1.29 is 36.1 Å². The van der Waals surface area contributed by atoms with Gasteiger partial charge in [-0.2, -0.15) is 0 Å². The summed E-state index contributed by atoms with van der Waals surface area (Å²) in [6.07, 6.45) is 0. The molecule has 0 aliphatic heterocycles. The zero-order valence-corrected chi connectivity index (χ0v) is 9.30.